The fourth-order valence-electron chi connectivity index (χ4n) is 2.78. The number of benzene rings is 2. The fraction of sp³-hybridized carbons (Fsp3) is 0.190. The molecule has 0 radical (unpaired) electrons. The van der Waals surface area contributed by atoms with E-state index in [-0.39, 0.29) is 23.5 Å². The monoisotopic (exact) mass is 479 g/mol. The van der Waals surface area contributed by atoms with Crippen molar-refractivity contribution in [1.29, 1.82) is 0 Å². The third kappa shape index (κ3) is 5.71. The SMILES string of the molecule is CCC(OC(=O)c1ccccc1NS(=O)(=O)c1cc(F)ccc1F)C(=O)Nc1cc(C)on1. The number of aromatic nitrogens is 1. The Balaban J connectivity index is 1.80. The molecule has 33 heavy (non-hydrogen) atoms. The molecule has 12 heteroatoms. The number of nitrogens with one attached hydrogen (secondary N) is 2. The maximum absolute atomic E-state index is 14.0. The van der Waals surface area contributed by atoms with Crippen LogP contribution < -0.4 is 10.0 Å². The maximum atomic E-state index is 14.0. The second-order valence-electron chi connectivity index (χ2n) is 6.84. The third-order valence-electron chi connectivity index (χ3n) is 4.37. The van der Waals surface area contributed by atoms with E-state index >= 15 is 0 Å². The number of anilines is 2. The summed E-state index contributed by atoms with van der Waals surface area (Å²) in [6.45, 7) is 3.24. The summed E-state index contributed by atoms with van der Waals surface area (Å²) in [6.07, 6.45) is -1.11. The largest absolute Gasteiger partial charge is 0.449 e. The zero-order valence-electron chi connectivity index (χ0n) is 17.5. The van der Waals surface area contributed by atoms with Crippen molar-refractivity contribution in [3.8, 4) is 0 Å². The lowest BCUT2D eigenvalue weighted by Crippen LogP contribution is -2.32. The lowest BCUT2D eigenvalue weighted by molar-refractivity contribution is -0.124. The van der Waals surface area contributed by atoms with Gasteiger partial charge in [0.05, 0.1) is 11.3 Å². The molecule has 0 saturated carbocycles. The van der Waals surface area contributed by atoms with Crippen molar-refractivity contribution < 1.29 is 36.0 Å². The third-order valence-corrected chi connectivity index (χ3v) is 5.75. The molecule has 1 atom stereocenters. The minimum Gasteiger partial charge on any atom is -0.449 e. The molecule has 174 valence electrons. The van der Waals surface area contributed by atoms with Gasteiger partial charge in [-0.2, -0.15) is 0 Å². The summed E-state index contributed by atoms with van der Waals surface area (Å²) in [5.41, 5.74) is -0.477. The summed E-state index contributed by atoms with van der Waals surface area (Å²) in [5, 5.41) is 6.07. The van der Waals surface area contributed by atoms with Crippen molar-refractivity contribution in [3.63, 3.8) is 0 Å². The number of hydrogen-bond acceptors (Lipinski definition) is 7. The molecule has 1 aromatic heterocycles. The number of aryl methyl sites for hydroxylation is 1. The van der Waals surface area contributed by atoms with Gasteiger partial charge in [0, 0.05) is 6.07 Å². The highest BCUT2D eigenvalue weighted by molar-refractivity contribution is 7.92. The number of para-hydroxylation sites is 1. The summed E-state index contributed by atoms with van der Waals surface area (Å²) in [6, 6.07) is 8.80. The van der Waals surface area contributed by atoms with E-state index in [0.717, 1.165) is 6.07 Å². The lowest BCUT2D eigenvalue weighted by Gasteiger charge is -2.17. The van der Waals surface area contributed by atoms with Gasteiger partial charge in [0.1, 0.15) is 22.3 Å². The lowest BCUT2D eigenvalue weighted by atomic mass is 10.2. The normalized spacial score (nSPS) is 12.1. The molecular formula is C21H19F2N3O6S. The smallest absolute Gasteiger partial charge is 0.341 e. The van der Waals surface area contributed by atoms with Crippen molar-refractivity contribution in [3.05, 3.63) is 71.5 Å². The van der Waals surface area contributed by atoms with E-state index in [1.165, 1.54) is 30.3 Å². The van der Waals surface area contributed by atoms with Gasteiger partial charge in [-0.15, -0.1) is 0 Å². The van der Waals surface area contributed by atoms with Crippen LogP contribution in [0, 0.1) is 18.6 Å². The van der Waals surface area contributed by atoms with E-state index in [1.54, 1.807) is 13.8 Å². The van der Waals surface area contributed by atoms with Gasteiger partial charge in [-0.3, -0.25) is 9.52 Å². The summed E-state index contributed by atoms with van der Waals surface area (Å²) in [7, 11) is -4.58. The molecule has 3 rings (SSSR count). The number of halogens is 2. The highest BCUT2D eigenvalue weighted by atomic mass is 32.2. The van der Waals surface area contributed by atoms with Crippen LogP contribution in [0.15, 0.2) is 57.9 Å². The van der Waals surface area contributed by atoms with E-state index in [0.29, 0.717) is 17.9 Å². The molecular weight excluding hydrogens is 460 g/mol. The second-order valence-corrected chi connectivity index (χ2v) is 8.49. The van der Waals surface area contributed by atoms with Crippen LogP contribution in [0.2, 0.25) is 0 Å². The predicted octanol–water partition coefficient (Wildman–Crippen LogP) is 3.64. The average molecular weight is 479 g/mol. The Hall–Kier alpha value is -3.80. The Morgan fingerprint density at radius 3 is 2.55 bits per heavy atom. The van der Waals surface area contributed by atoms with Crippen LogP contribution in [0.25, 0.3) is 0 Å². The number of rotatable bonds is 8. The molecule has 1 amide bonds. The fourth-order valence-corrected chi connectivity index (χ4v) is 3.95. The van der Waals surface area contributed by atoms with Gasteiger partial charge >= 0.3 is 5.97 Å². The molecule has 1 heterocycles. The molecule has 3 aromatic rings. The van der Waals surface area contributed by atoms with Gasteiger partial charge in [-0.1, -0.05) is 24.2 Å². The van der Waals surface area contributed by atoms with Crippen LogP contribution in [0.4, 0.5) is 20.3 Å². The van der Waals surface area contributed by atoms with Crippen LogP contribution in [-0.2, 0) is 19.6 Å². The summed E-state index contributed by atoms with van der Waals surface area (Å²) in [4.78, 5) is 24.2. The molecule has 0 aliphatic rings. The zero-order chi connectivity index (χ0) is 24.2. The number of carbonyl (C=O) groups is 2. The standard InChI is InChI=1S/C21H19F2N3O6S/c1-3-17(20(27)24-19-10-12(2)32-25-19)31-21(28)14-6-4-5-7-16(14)26-33(29,30)18-11-13(22)8-9-15(18)23/h4-11,17,26H,3H2,1-2H3,(H,24,25,27). The number of sulfonamides is 1. The summed E-state index contributed by atoms with van der Waals surface area (Å²) < 4.78 is 64.8. The Labute approximate surface area is 187 Å². The predicted molar refractivity (Wildman–Crippen MR) is 113 cm³/mol. The highest BCUT2D eigenvalue weighted by Crippen LogP contribution is 2.24. The maximum Gasteiger partial charge on any atom is 0.341 e. The first-order chi connectivity index (χ1) is 15.6. The molecule has 0 aliphatic heterocycles. The van der Waals surface area contributed by atoms with E-state index in [9.17, 15) is 26.8 Å². The first-order valence-corrected chi connectivity index (χ1v) is 11.1. The number of esters is 1. The molecule has 1 unspecified atom stereocenters. The number of carbonyl (C=O) groups excluding carboxylic acids is 2. The number of nitrogens with zero attached hydrogens (tertiary/aromatic N) is 1. The first kappa shape index (κ1) is 23.9. The summed E-state index contributed by atoms with van der Waals surface area (Å²) in [5.74, 6) is -3.20. The molecule has 9 nitrogen and oxygen atoms in total. The van der Waals surface area contributed by atoms with Crippen LogP contribution in [0.3, 0.4) is 0 Å². The topological polar surface area (TPSA) is 128 Å². The van der Waals surface area contributed by atoms with Gasteiger partial charge in [-0.05, 0) is 43.7 Å². The van der Waals surface area contributed by atoms with Crippen LogP contribution in [0.5, 0.6) is 0 Å². The molecule has 0 fully saturated rings. The minimum atomic E-state index is -4.58. The van der Waals surface area contributed by atoms with E-state index < -0.39 is 44.5 Å². The van der Waals surface area contributed by atoms with Gasteiger partial charge in [0.25, 0.3) is 15.9 Å². The highest BCUT2D eigenvalue weighted by Gasteiger charge is 2.26. The molecule has 2 N–H and O–H groups in total. The van der Waals surface area contributed by atoms with E-state index in [4.69, 9.17) is 9.26 Å². The van der Waals surface area contributed by atoms with Gasteiger partial charge in [0.15, 0.2) is 11.9 Å². The number of hydrogen-bond donors (Lipinski definition) is 2. The van der Waals surface area contributed by atoms with Crippen LogP contribution in [0.1, 0.15) is 29.5 Å². The minimum absolute atomic E-state index is 0.108. The van der Waals surface area contributed by atoms with Gasteiger partial charge in [0.2, 0.25) is 0 Å². The van der Waals surface area contributed by atoms with Crippen molar-refractivity contribution in [2.45, 2.75) is 31.3 Å². The van der Waals surface area contributed by atoms with E-state index in [2.05, 4.69) is 15.2 Å². The average Bonchev–Trinajstić information content (AvgIpc) is 3.17. The van der Waals surface area contributed by atoms with Crippen molar-refractivity contribution in [2.24, 2.45) is 0 Å². The molecule has 0 spiro atoms. The van der Waals surface area contributed by atoms with Crippen molar-refractivity contribution in [1.82, 2.24) is 5.16 Å². The zero-order valence-corrected chi connectivity index (χ0v) is 18.3. The Morgan fingerprint density at radius 1 is 1.15 bits per heavy atom. The van der Waals surface area contributed by atoms with E-state index in [1.807, 2.05) is 0 Å². The van der Waals surface area contributed by atoms with Crippen molar-refractivity contribution in [2.75, 3.05) is 10.0 Å². The first-order valence-electron chi connectivity index (χ1n) is 9.62. The molecule has 2 aromatic carbocycles. The molecule has 0 aliphatic carbocycles. The quantitative estimate of drug-likeness (QED) is 0.472. The Kier molecular flexibility index (Phi) is 7.07. The number of amides is 1. The Bertz CT molecular complexity index is 1290. The number of ether oxygens (including phenoxy) is 1. The molecule has 0 bridgehead atoms. The van der Waals surface area contributed by atoms with Crippen LogP contribution >= 0.6 is 0 Å². The second kappa shape index (κ2) is 9.77. The van der Waals surface area contributed by atoms with Gasteiger partial charge in [-0.25, -0.2) is 22.0 Å². The van der Waals surface area contributed by atoms with Crippen LogP contribution in [-0.4, -0.2) is 31.6 Å². The van der Waals surface area contributed by atoms with Crippen molar-refractivity contribution >= 4 is 33.4 Å². The Morgan fingerprint density at radius 2 is 1.88 bits per heavy atom. The van der Waals surface area contributed by atoms with Gasteiger partial charge < -0.3 is 14.6 Å². The molecule has 0 saturated heterocycles. The summed E-state index contributed by atoms with van der Waals surface area (Å²) >= 11 is 0.